The Labute approximate surface area is 92.0 Å². The number of nitrogens with one attached hydrogen (secondary N) is 1. The third-order valence-corrected chi connectivity index (χ3v) is 2.74. The van der Waals surface area contributed by atoms with Gasteiger partial charge in [0.15, 0.2) is 5.78 Å². The summed E-state index contributed by atoms with van der Waals surface area (Å²) in [6.45, 7) is 5.84. The lowest BCUT2D eigenvalue weighted by atomic mass is 9.95. The minimum Gasteiger partial charge on any atom is -0.334 e. The molecule has 88 valence electrons. The molecule has 1 amide bonds. The average Bonchev–Trinajstić information content (AvgIpc) is 2.17. The molecule has 0 aromatic carbocycles. The number of likely N-dealkylation sites (N-methyl/N-ethyl adjacent to an activating group) is 2. The van der Waals surface area contributed by atoms with Gasteiger partial charge < -0.3 is 10.2 Å². The van der Waals surface area contributed by atoms with Gasteiger partial charge in [-0.3, -0.25) is 9.59 Å². The van der Waals surface area contributed by atoms with Gasteiger partial charge in [-0.15, -0.1) is 0 Å². The Hall–Kier alpha value is -0.900. The van der Waals surface area contributed by atoms with Gasteiger partial charge in [-0.05, 0) is 19.9 Å². The van der Waals surface area contributed by atoms with E-state index in [0.717, 1.165) is 6.42 Å². The van der Waals surface area contributed by atoms with Gasteiger partial charge >= 0.3 is 0 Å². The molecule has 4 nitrogen and oxygen atoms in total. The van der Waals surface area contributed by atoms with Gasteiger partial charge in [-0.2, -0.15) is 0 Å². The van der Waals surface area contributed by atoms with Gasteiger partial charge in [0.2, 0.25) is 5.91 Å². The largest absolute Gasteiger partial charge is 0.334 e. The van der Waals surface area contributed by atoms with Crippen molar-refractivity contribution in [1.82, 2.24) is 10.2 Å². The third kappa shape index (κ3) is 4.00. The highest BCUT2D eigenvalue weighted by Crippen LogP contribution is 2.14. The van der Waals surface area contributed by atoms with Crippen molar-refractivity contribution in [3.63, 3.8) is 0 Å². The summed E-state index contributed by atoms with van der Waals surface area (Å²) in [5, 5.41) is 2.80. The van der Waals surface area contributed by atoms with Crippen LogP contribution < -0.4 is 5.32 Å². The average molecular weight is 214 g/mol. The van der Waals surface area contributed by atoms with Crippen molar-refractivity contribution in [3.8, 4) is 0 Å². The summed E-state index contributed by atoms with van der Waals surface area (Å²) in [4.78, 5) is 24.6. The number of ketones is 1. The first-order chi connectivity index (χ1) is 6.95. The monoisotopic (exact) mass is 214 g/mol. The van der Waals surface area contributed by atoms with E-state index in [-0.39, 0.29) is 30.2 Å². The number of Topliss-reactive ketones (excluding diaryl/α,β-unsaturated/α-hetero) is 1. The molecule has 0 spiro atoms. The first-order valence-corrected chi connectivity index (χ1v) is 5.36. The maximum Gasteiger partial charge on any atom is 0.236 e. The van der Waals surface area contributed by atoms with Crippen LogP contribution in [0.15, 0.2) is 0 Å². The molecular weight excluding hydrogens is 192 g/mol. The summed E-state index contributed by atoms with van der Waals surface area (Å²) >= 11 is 0. The van der Waals surface area contributed by atoms with E-state index in [0.29, 0.717) is 0 Å². The predicted octanol–water partition coefficient (Wildman–Crippen LogP) is 0.668. The molecular formula is C11H22N2O2. The van der Waals surface area contributed by atoms with E-state index in [4.69, 9.17) is 0 Å². The molecule has 0 radical (unpaired) electrons. The highest BCUT2D eigenvalue weighted by molar-refractivity contribution is 5.88. The molecule has 0 saturated carbocycles. The van der Waals surface area contributed by atoms with Gasteiger partial charge in [-0.1, -0.05) is 20.3 Å². The van der Waals surface area contributed by atoms with Crippen LogP contribution in [-0.4, -0.2) is 43.3 Å². The van der Waals surface area contributed by atoms with Gasteiger partial charge in [0, 0.05) is 7.05 Å². The normalized spacial score (nSPS) is 14.5. The molecule has 0 saturated heterocycles. The molecule has 1 N–H and O–H groups in total. The van der Waals surface area contributed by atoms with E-state index in [2.05, 4.69) is 5.32 Å². The smallest absolute Gasteiger partial charge is 0.236 e. The number of hydrogen-bond donors (Lipinski definition) is 1. The van der Waals surface area contributed by atoms with Gasteiger partial charge in [0.05, 0.1) is 12.6 Å². The van der Waals surface area contributed by atoms with Crippen molar-refractivity contribution >= 4 is 11.7 Å². The molecule has 0 rings (SSSR count). The summed E-state index contributed by atoms with van der Waals surface area (Å²) < 4.78 is 0. The van der Waals surface area contributed by atoms with Crippen molar-refractivity contribution in [3.05, 3.63) is 0 Å². The third-order valence-electron chi connectivity index (χ3n) is 2.74. The SMILES string of the molecule is CC[C@H](C)[C@@H](C(C)=O)N(C)C(=O)CNC. The molecule has 4 heteroatoms. The van der Waals surface area contributed by atoms with E-state index in [1.54, 1.807) is 25.9 Å². The van der Waals surface area contributed by atoms with Crippen molar-refractivity contribution in [1.29, 1.82) is 0 Å². The molecule has 0 aliphatic heterocycles. The summed E-state index contributed by atoms with van der Waals surface area (Å²) in [5.41, 5.74) is 0. The molecule has 0 unspecified atom stereocenters. The molecule has 0 aliphatic rings. The minimum atomic E-state index is -0.296. The second-order valence-corrected chi connectivity index (χ2v) is 3.98. The molecule has 2 atom stereocenters. The van der Waals surface area contributed by atoms with Crippen molar-refractivity contribution < 1.29 is 9.59 Å². The molecule has 15 heavy (non-hydrogen) atoms. The second kappa shape index (κ2) is 6.56. The lowest BCUT2D eigenvalue weighted by Gasteiger charge is -2.30. The number of hydrogen-bond acceptors (Lipinski definition) is 3. The van der Waals surface area contributed by atoms with Crippen LogP contribution in [0.1, 0.15) is 27.2 Å². The lowest BCUT2D eigenvalue weighted by Crippen LogP contribution is -2.47. The summed E-state index contributed by atoms with van der Waals surface area (Å²) in [7, 11) is 3.41. The molecule has 0 fully saturated rings. The fraction of sp³-hybridized carbons (Fsp3) is 0.818. The van der Waals surface area contributed by atoms with E-state index in [9.17, 15) is 9.59 Å². The summed E-state index contributed by atoms with van der Waals surface area (Å²) in [6, 6.07) is -0.296. The Morgan fingerprint density at radius 2 is 1.93 bits per heavy atom. The van der Waals surface area contributed by atoms with Gasteiger partial charge in [0.1, 0.15) is 0 Å². The van der Waals surface area contributed by atoms with Gasteiger partial charge in [0.25, 0.3) is 0 Å². The zero-order valence-corrected chi connectivity index (χ0v) is 10.3. The fourth-order valence-corrected chi connectivity index (χ4v) is 1.71. The summed E-state index contributed by atoms with van der Waals surface area (Å²) in [5.74, 6) is 0.211. The van der Waals surface area contributed by atoms with Crippen LogP contribution in [0, 0.1) is 5.92 Å². The van der Waals surface area contributed by atoms with E-state index >= 15 is 0 Å². The Balaban J connectivity index is 4.62. The minimum absolute atomic E-state index is 0.0435. The van der Waals surface area contributed by atoms with Crippen LogP contribution in [0.2, 0.25) is 0 Å². The Bertz CT molecular complexity index is 229. The lowest BCUT2D eigenvalue weighted by molar-refractivity contribution is -0.138. The number of rotatable bonds is 6. The maximum absolute atomic E-state index is 11.6. The van der Waals surface area contributed by atoms with Crippen LogP contribution in [0.25, 0.3) is 0 Å². The maximum atomic E-state index is 11.6. The van der Waals surface area contributed by atoms with E-state index in [1.807, 2.05) is 13.8 Å². The quantitative estimate of drug-likeness (QED) is 0.707. The topological polar surface area (TPSA) is 49.4 Å². The second-order valence-electron chi connectivity index (χ2n) is 3.98. The zero-order chi connectivity index (χ0) is 12.0. The predicted molar refractivity (Wildman–Crippen MR) is 60.6 cm³/mol. The van der Waals surface area contributed by atoms with Crippen molar-refractivity contribution in [2.24, 2.45) is 5.92 Å². The molecule has 0 heterocycles. The molecule has 0 aromatic heterocycles. The number of carbonyl (C=O) groups is 2. The van der Waals surface area contributed by atoms with Crippen LogP contribution in [0.3, 0.4) is 0 Å². The first kappa shape index (κ1) is 14.1. The number of nitrogens with zero attached hydrogens (tertiary/aromatic N) is 1. The Morgan fingerprint density at radius 3 is 2.27 bits per heavy atom. The summed E-state index contributed by atoms with van der Waals surface area (Å²) in [6.07, 6.45) is 0.890. The first-order valence-electron chi connectivity index (χ1n) is 5.36. The number of amides is 1. The van der Waals surface area contributed by atoms with Crippen molar-refractivity contribution in [2.45, 2.75) is 33.2 Å². The van der Waals surface area contributed by atoms with Crippen LogP contribution >= 0.6 is 0 Å². The van der Waals surface area contributed by atoms with E-state index in [1.165, 1.54) is 0 Å². The number of carbonyl (C=O) groups excluding carboxylic acids is 2. The molecule has 0 bridgehead atoms. The molecule has 0 aliphatic carbocycles. The van der Waals surface area contributed by atoms with E-state index < -0.39 is 0 Å². The van der Waals surface area contributed by atoms with Crippen LogP contribution in [0.4, 0.5) is 0 Å². The Kier molecular flexibility index (Phi) is 6.17. The molecule has 0 aromatic rings. The zero-order valence-electron chi connectivity index (χ0n) is 10.3. The highest BCUT2D eigenvalue weighted by atomic mass is 16.2. The fourth-order valence-electron chi connectivity index (χ4n) is 1.71. The van der Waals surface area contributed by atoms with Crippen molar-refractivity contribution in [2.75, 3.05) is 20.6 Å². The van der Waals surface area contributed by atoms with Crippen LogP contribution in [-0.2, 0) is 9.59 Å². The highest BCUT2D eigenvalue weighted by Gasteiger charge is 2.27. The van der Waals surface area contributed by atoms with Crippen LogP contribution in [0.5, 0.6) is 0 Å². The van der Waals surface area contributed by atoms with Gasteiger partial charge in [-0.25, -0.2) is 0 Å². The Morgan fingerprint density at radius 1 is 1.40 bits per heavy atom. The standard InChI is InChI=1S/C11H22N2O2/c1-6-8(2)11(9(3)14)13(5)10(15)7-12-4/h8,11-12H,6-7H2,1-5H3/t8-,11-/m0/s1.